The van der Waals surface area contributed by atoms with Gasteiger partial charge in [0.15, 0.2) is 0 Å². The van der Waals surface area contributed by atoms with E-state index in [9.17, 15) is 4.79 Å². The number of hydrogen-bond acceptors (Lipinski definition) is 2. The van der Waals surface area contributed by atoms with Crippen LogP contribution in [0, 0.1) is 5.92 Å². The molecule has 3 rings (SSSR count). The summed E-state index contributed by atoms with van der Waals surface area (Å²) in [4.78, 5) is 13.5. The van der Waals surface area contributed by atoms with E-state index < -0.39 is 0 Å². The second-order valence-corrected chi connectivity index (χ2v) is 3.79. The van der Waals surface area contributed by atoms with Crippen molar-refractivity contribution in [1.29, 1.82) is 0 Å². The van der Waals surface area contributed by atoms with Crippen molar-refractivity contribution in [2.45, 2.75) is 6.23 Å². The molecule has 1 aromatic carbocycles. The van der Waals surface area contributed by atoms with Crippen molar-refractivity contribution in [3.05, 3.63) is 42.5 Å². The van der Waals surface area contributed by atoms with Gasteiger partial charge in [-0.05, 0) is 12.1 Å². The molecule has 0 saturated carbocycles. The Hall–Kier alpha value is -1.61. The lowest BCUT2D eigenvalue weighted by molar-refractivity contribution is -0.131. The molecule has 0 aliphatic carbocycles. The van der Waals surface area contributed by atoms with Gasteiger partial charge in [-0.15, -0.1) is 0 Å². The van der Waals surface area contributed by atoms with Crippen molar-refractivity contribution in [3.8, 4) is 0 Å². The highest BCUT2D eigenvalue weighted by molar-refractivity contribution is 6.02. The van der Waals surface area contributed by atoms with Crippen LogP contribution in [0.15, 0.2) is 42.5 Å². The lowest BCUT2D eigenvalue weighted by atomic mass is 9.98. The lowest BCUT2D eigenvalue weighted by Gasteiger charge is -2.44. The number of ether oxygens (including phenoxy) is 1. The number of carbonyl (C=O) groups excluding carboxylic acids is 1. The highest BCUT2D eigenvalue weighted by Crippen LogP contribution is 2.32. The Morgan fingerprint density at radius 3 is 2.73 bits per heavy atom. The third kappa shape index (κ3) is 1.27. The molecule has 1 fully saturated rings. The molecule has 1 amide bonds. The van der Waals surface area contributed by atoms with E-state index in [4.69, 9.17) is 4.74 Å². The number of fused-ring (bicyclic) bond motifs is 1. The molecule has 2 unspecified atom stereocenters. The summed E-state index contributed by atoms with van der Waals surface area (Å²) in [6, 6.07) is 9.64. The molecule has 0 aromatic heterocycles. The van der Waals surface area contributed by atoms with Gasteiger partial charge in [-0.3, -0.25) is 9.69 Å². The quantitative estimate of drug-likeness (QED) is 0.690. The van der Waals surface area contributed by atoms with Crippen LogP contribution in [0.3, 0.4) is 0 Å². The first-order valence-electron chi connectivity index (χ1n) is 5.04. The fraction of sp³-hybridized carbons (Fsp3) is 0.250. The van der Waals surface area contributed by atoms with Gasteiger partial charge in [-0.1, -0.05) is 24.3 Å². The van der Waals surface area contributed by atoms with Crippen molar-refractivity contribution in [1.82, 2.24) is 0 Å². The first-order valence-corrected chi connectivity index (χ1v) is 5.04. The van der Waals surface area contributed by atoms with Gasteiger partial charge in [0.25, 0.3) is 5.91 Å². The number of amides is 1. The summed E-state index contributed by atoms with van der Waals surface area (Å²) < 4.78 is 5.43. The van der Waals surface area contributed by atoms with E-state index in [2.05, 4.69) is 0 Å². The molecule has 0 radical (unpaired) electrons. The molecule has 3 nitrogen and oxygen atoms in total. The fourth-order valence-electron chi connectivity index (χ4n) is 1.98. The molecule has 2 aliphatic heterocycles. The smallest absolute Gasteiger partial charge is 0.252 e. The highest BCUT2D eigenvalue weighted by atomic mass is 16.5. The monoisotopic (exact) mass is 201 g/mol. The molecule has 2 heterocycles. The van der Waals surface area contributed by atoms with E-state index in [1.165, 1.54) is 0 Å². The number of carbonyl (C=O) groups is 1. The fourth-order valence-corrected chi connectivity index (χ4v) is 1.98. The molecular formula is C12H11NO2. The van der Waals surface area contributed by atoms with Crippen molar-refractivity contribution in [2.75, 3.05) is 11.5 Å². The van der Waals surface area contributed by atoms with Crippen molar-refractivity contribution in [2.24, 2.45) is 5.92 Å². The predicted molar refractivity (Wildman–Crippen MR) is 56.3 cm³/mol. The van der Waals surface area contributed by atoms with Crippen LogP contribution in [0.25, 0.3) is 0 Å². The van der Waals surface area contributed by atoms with Gasteiger partial charge in [0, 0.05) is 17.7 Å². The van der Waals surface area contributed by atoms with E-state index in [-0.39, 0.29) is 12.1 Å². The van der Waals surface area contributed by atoms with E-state index >= 15 is 0 Å². The van der Waals surface area contributed by atoms with E-state index in [0.717, 1.165) is 12.3 Å². The van der Waals surface area contributed by atoms with Crippen molar-refractivity contribution in [3.63, 3.8) is 0 Å². The van der Waals surface area contributed by atoms with Gasteiger partial charge in [0.2, 0.25) is 0 Å². The topological polar surface area (TPSA) is 29.5 Å². The summed E-state index contributed by atoms with van der Waals surface area (Å²) in [6.45, 7) is 0.720. The van der Waals surface area contributed by atoms with E-state index in [1.807, 2.05) is 36.4 Å². The van der Waals surface area contributed by atoms with Crippen LogP contribution in [0.2, 0.25) is 0 Å². The molecule has 2 atom stereocenters. The summed E-state index contributed by atoms with van der Waals surface area (Å²) in [5, 5.41) is 0. The Balaban J connectivity index is 1.98. The second kappa shape index (κ2) is 3.21. The Labute approximate surface area is 88.0 Å². The molecule has 0 N–H and O–H groups in total. The molecular weight excluding hydrogens is 190 g/mol. The first kappa shape index (κ1) is 8.68. The third-order valence-electron chi connectivity index (χ3n) is 2.84. The number of nitrogens with zero attached hydrogens (tertiary/aromatic N) is 1. The second-order valence-electron chi connectivity index (χ2n) is 3.79. The Kier molecular flexibility index (Phi) is 1.86. The molecule has 15 heavy (non-hydrogen) atoms. The zero-order chi connectivity index (χ0) is 10.3. The maximum absolute atomic E-state index is 11.7. The normalized spacial score (nSPS) is 28.5. The number of para-hydroxylation sites is 1. The Morgan fingerprint density at radius 1 is 1.27 bits per heavy atom. The summed E-state index contributed by atoms with van der Waals surface area (Å²) in [5.74, 6) is 0.366. The predicted octanol–water partition coefficient (Wildman–Crippen LogP) is 1.56. The standard InChI is InChI=1S/C12H11NO2/c14-11-7-6-9-8-15-12(9)13(11)10-4-2-1-3-5-10/h1-7,9,12H,8H2. The summed E-state index contributed by atoms with van der Waals surface area (Å²) in [7, 11) is 0. The average Bonchev–Trinajstić information content (AvgIpc) is 2.24. The minimum atomic E-state index is -0.0927. The molecule has 0 spiro atoms. The third-order valence-corrected chi connectivity index (χ3v) is 2.84. The van der Waals surface area contributed by atoms with E-state index in [1.54, 1.807) is 11.0 Å². The van der Waals surface area contributed by atoms with Gasteiger partial charge in [-0.2, -0.15) is 0 Å². The summed E-state index contributed by atoms with van der Waals surface area (Å²) >= 11 is 0. The molecule has 1 aromatic rings. The maximum Gasteiger partial charge on any atom is 0.252 e. The van der Waals surface area contributed by atoms with Crippen LogP contribution in [0.5, 0.6) is 0 Å². The summed E-state index contributed by atoms with van der Waals surface area (Å²) in [5.41, 5.74) is 0.904. The molecule has 1 saturated heterocycles. The molecule has 76 valence electrons. The highest BCUT2D eigenvalue weighted by Gasteiger charge is 2.40. The van der Waals surface area contributed by atoms with Crippen LogP contribution >= 0.6 is 0 Å². The Morgan fingerprint density at radius 2 is 2.07 bits per heavy atom. The van der Waals surface area contributed by atoms with Crippen LogP contribution in [-0.2, 0) is 9.53 Å². The van der Waals surface area contributed by atoms with E-state index in [0.29, 0.717) is 5.92 Å². The molecule has 0 bridgehead atoms. The minimum absolute atomic E-state index is 0.00199. The average molecular weight is 201 g/mol. The zero-order valence-electron chi connectivity index (χ0n) is 8.17. The molecule has 3 heteroatoms. The van der Waals surface area contributed by atoms with Crippen molar-refractivity contribution < 1.29 is 9.53 Å². The van der Waals surface area contributed by atoms with Gasteiger partial charge >= 0.3 is 0 Å². The van der Waals surface area contributed by atoms with Gasteiger partial charge in [-0.25, -0.2) is 0 Å². The number of hydrogen-bond donors (Lipinski definition) is 0. The van der Waals surface area contributed by atoms with Crippen LogP contribution in [-0.4, -0.2) is 18.7 Å². The largest absolute Gasteiger partial charge is 0.356 e. The summed E-state index contributed by atoms with van der Waals surface area (Å²) in [6.07, 6.45) is 3.48. The molecule has 2 aliphatic rings. The minimum Gasteiger partial charge on any atom is -0.356 e. The van der Waals surface area contributed by atoms with Crippen LogP contribution < -0.4 is 4.90 Å². The van der Waals surface area contributed by atoms with Crippen molar-refractivity contribution >= 4 is 11.6 Å². The number of benzene rings is 1. The first-order chi connectivity index (χ1) is 7.36. The van der Waals surface area contributed by atoms with Crippen LogP contribution in [0.1, 0.15) is 0 Å². The number of rotatable bonds is 1. The SMILES string of the molecule is O=C1C=CC2COC2N1c1ccccc1. The van der Waals surface area contributed by atoms with Gasteiger partial charge < -0.3 is 4.74 Å². The Bertz CT molecular complexity index is 413. The maximum atomic E-state index is 11.7. The number of anilines is 1. The van der Waals surface area contributed by atoms with Crippen LogP contribution in [0.4, 0.5) is 5.69 Å². The van der Waals surface area contributed by atoms with Gasteiger partial charge in [0.05, 0.1) is 6.61 Å². The zero-order valence-corrected chi connectivity index (χ0v) is 8.17. The van der Waals surface area contributed by atoms with Gasteiger partial charge in [0.1, 0.15) is 6.23 Å². The lowest BCUT2D eigenvalue weighted by Crippen LogP contribution is -2.56.